The lowest BCUT2D eigenvalue weighted by Crippen LogP contribution is -2.08. The van der Waals surface area contributed by atoms with E-state index in [1.807, 2.05) is 13.8 Å². The summed E-state index contributed by atoms with van der Waals surface area (Å²) in [7, 11) is 0. The van der Waals surface area contributed by atoms with Crippen LogP contribution in [0, 0.1) is 0 Å². The first-order valence-electron chi connectivity index (χ1n) is 5.66. The van der Waals surface area contributed by atoms with Crippen LogP contribution in [0.5, 0.6) is 0 Å². The molecule has 18 heavy (non-hydrogen) atoms. The van der Waals surface area contributed by atoms with E-state index in [9.17, 15) is 4.79 Å². The first kappa shape index (κ1) is 12.2. The molecule has 0 saturated carbocycles. The first-order valence-corrected chi connectivity index (χ1v) is 5.66. The molecule has 0 aliphatic rings. The smallest absolute Gasteiger partial charge is 0.338 e. The third kappa shape index (κ3) is 2.20. The molecule has 0 radical (unpaired) electrons. The zero-order valence-corrected chi connectivity index (χ0v) is 10.2. The first-order chi connectivity index (χ1) is 8.65. The largest absolute Gasteiger partial charge is 0.478 e. The molecule has 0 saturated heterocycles. The van der Waals surface area contributed by atoms with Gasteiger partial charge >= 0.3 is 5.97 Å². The van der Waals surface area contributed by atoms with E-state index in [-0.39, 0.29) is 5.56 Å². The minimum Gasteiger partial charge on any atom is -0.478 e. The van der Waals surface area contributed by atoms with E-state index in [1.54, 1.807) is 4.68 Å². The van der Waals surface area contributed by atoms with Gasteiger partial charge in [0, 0.05) is 25.2 Å². The van der Waals surface area contributed by atoms with E-state index >= 15 is 0 Å². The second kappa shape index (κ2) is 4.91. The molecule has 2 rings (SSSR count). The quantitative estimate of drug-likeness (QED) is 0.861. The molecule has 2 aromatic heterocycles. The fourth-order valence-electron chi connectivity index (χ4n) is 1.47. The number of rotatable bonds is 4. The standard InChI is InChI=1S/C11H13N5O2/c1-3-8-14-9(4-2)16(15-8)11-12-5-7(6-13-11)10(17)18/h5-6H,3-4H2,1-2H3,(H,17,18). The molecular formula is C11H13N5O2. The Kier molecular flexibility index (Phi) is 3.31. The molecule has 0 aromatic carbocycles. The highest BCUT2D eigenvalue weighted by Crippen LogP contribution is 2.07. The number of hydrogen-bond acceptors (Lipinski definition) is 5. The van der Waals surface area contributed by atoms with Crippen molar-refractivity contribution in [3.05, 3.63) is 29.6 Å². The maximum absolute atomic E-state index is 10.7. The number of nitrogens with zero attached hydrogens (tertiary/aromatic N) is 5. The van der Waals surface area contributed by atoms with Gasteiger partial charge in [-0.1, -0.05) is 13.8 Å². The molecule has 0 aliphatic heterocycles. The Balaban J connectivity index is 2.41. The number of aryl methyl sites for hydroxylation is 2. The average Bonchev–Trinajstić information content (AvgIpc) is 2.82. The predicted octanol–water partition coefficient (Wildman–Crippen LogP) is 0.880. The number of aromatic nitrogens is 5. The van der Waals surface area contributed by atoms with Gasteiger partial charge in [-0.25, -0.2) is 19.7 Å². The van der Waals surface area contributed by atoms with Crippen LogP contribution in [0.3, 0.4) is 0 Å². The molecule has 94 valence electrons. The zero-order chi connectivity index (χ0) is 13.1. The van der Waals surface area contributed by atoms with Gasteiger partial charge in [0.25, 0.3) is 5.95 Å². The van der Waals surface area contributed by atoms with Gasteiger partial charge in [-0.2, -0.15) is 4.68 Å². The highest BCUT2D eigenvalue weighted by atomic mass is 16.4. The molecule has 0 spiro atoms. The lowest BCUT2D eigenvalue weighted by molar-refractivity contribution is 0.0696. The summed E-state index contributed by atoms with van der Waals surface area (Å²) in [5.41, 5.74) is 0.0487. The molecule has 1 N–H and O–H groups in total. The molecule has 0 unspecified atom stereocenters. The van der Waals surface area contributed by atoms with Crippen LogP contribution in [0.15, 0.2) is 12.4 Å². The number of carboxylic acids is 1. The Morgan fingerprint density at radius 2 is 1.94 bits per heavy atom. The van der Waals surface area contributed by atoms with Crippen LogP contribution in [0.4, 0.5) is 0 Å². The Morgan fingerprint density at radius 1 is 1.28 bits per heavy atom. The molecule has 0 amide bonds. The summed E-state index contributed by atoms with van der Waals surface area (Å²) in [4.78, 5) is 23.0. The minimum absolute atomic E-state index is 0.0487. The van der Waals surface area contributed by atoms with Crippen molar-refractivity contribution in [3.63, 3.8) is 0 Å². The van der Waals surface area contributed by atoms with Crippen molar-refractivity contribution < 1.29 is 9.90 Å². The highest BCUT2D eigenvalue weighted by molar-refractivity contribution is 5.86. The summed E-state index contributed by atoms with van der Waals surface area (Å²) in [5.74, 6) is 0.766. The van der Waals surface area contributed by atoms with Crippen molar-refractivity contribution >= 4 is 5.97 Å². The molecule has 7 heteroatoms. The topological polar surface area (TPSA) is 93.8 Å². The summed E-state index contributed by atoms with van der Waals surface area (Å²) in [6.07, 6.45) is 3.96. The molecule has 0 bridgehead atoms. The van der Waals surface area contributed by atoms with E-state index in [4.69, 9.17) is 5.11 Å². The van der Waals surface area contributed by atoms with E-state index in [2.05, 4.69) is 20.1 Å². The van der Waals surface area contributed by atoms with Gasteiger partial charge in [0.15, 0.2) is 5.82 Å². The van der Waals surface area contributed by atoms with E-state index in [0.29, 0.717) is 12.4 Å². The Bertz CT molecular complexity index is 561. The van der Waals surface area contributed by atoms with Gasteiger partial charge in [-0.15, -0.1) is 5.10 Å². The van der Waals surface area contributed by atoms with Crippen LogP contribution in [0.2, 0.25) is 0 Å². The van der Waals surface area contributed by atoms with Crippen molar-refractivity contribution in [2.24, 2.45) is 0 Å². The molecule has 0 fully saturated rings. The number of aromatic carboxylic acids is 1. The Labute approximate surface area is 104 Å². The molecule has 0 aliphatic carbocycles. The minimum atomic E-state index is -1.05. The molecule has 7 nitrogen and oxygen atoms in total. The monoisotopic (exact) mass is 247 g/mol. The summed E-state index contributed by atoms with van der Waals surface area (Å²) >= 11 is 0. The Hall–Kier alpha value is -2.31. The van der Waals surface area contributed by atoms with Gasteiger partial charge in [0.05, 0.1) is 5.56 Å². The summed E-state index contributed by atoms with van der Waals surface area (Å²) in [5, 5.41) is 13.1. The van der Waals surface area contributed by atoms with Crippen LogP contribution < -0.4 is 0 Å². The third-order valence-corrected chi connectivity index (χ3v) is 2.43. The van der Waals surface area contributed by atoms with Gasteiger partial charge in [-0.3, -0.25) is 0 Å². The van der Waals surface area contributed by atoms with Crippen LogP contribution >= 0.6 is 0 Å². The fraction of sp³-hybridized carbons (Fsp3) is 0.364. The lowest BCUT2D eigenvalue weighted by atomic mass is 10.3. The van der Waals surface area contributed by atoms with Gasteiger partial charge < -0.3 is 5.11 Å². The number of carbonyl (C=O) groups is 1. The second-order valence-corrected chi connectivity index (χ2v) is 3.64. The van der Waals surface area contributed by atoms with Crippen LogP contribution in [0.25, 0.3) is 5.95 Å². The van der Waals surface area contributed by atoms with Crippen molar-refractivity contribution in [1.82, 2.24) is 24.7 Å². The van der Waals surface area contributed by atoms with E-state index in [1.165, 1.54) is 12.4 Å². The number of carboxylic acid groups (broad SMARTS) is 1. The number of hydrogen-bond donors (Lipinski definition) is 1. The molecule has 0 atom stereocenters. The molecule has 2 heterocycles. The lowest BCUT2D eigenvalue weighted by Gasteiger charge is -2.01. The average molecular weight is 247 g/mol. The third-order valence-electron chi connectivity index (χ3n) is 2.43. The van der Waals surface area contributed by atoms with Crippen LogP contribution in [-0.2, 0) is 12.8 Å². The fourth-order valence-corrected chi connectivity index (χ4v) is 1.47. The van der Waals surface area contributed by atoms with Gasteiger partial charge in [0.1, 0.15) is 5.82 Å². The predicted molar refractivity (Wildman–Crippen MR) is 62.7 cm³/mol. The molecular weight excluding hydrogens is 234 g/mol. The van der Waals surface area contributed by atoms with Crippen molar-refractivity contribution in [3.8, 4) is 5.95 Å². The van der Waals surface area contributed by atoms with Crippen LogP contribution in [0.1, 0.15) is 35.9 Å². The van der Waals surface area contributed by atoms with E-state index in [0.717, 1.165) is 18.1 Å². The Morgan fingerprint density at radius 3 is 2.44 bits per heavy atom. The summed E-state index contributed by atoms with van der Waals surface area (Å²) in [6.45, 7) is 3.93. The molecule has 2 aromatic rings. The summed E-state index contributed by atoms with van der Waals surface area (Å²) in [6, 6.07) is 0. The maximum Gasteiger partial charge on any atom is 0.338 e. The second-order valence-electron chi connectivity index (χ2n) is 3.64. The summed E-state index contributed by atoms with van der Waals surface area (Å²) < 4.78 is 1.55. The van der Waals surface area contributed by atoms with Gasteiger partial charge in [0.2, 0.25) is 0 Å². The maximum atomic E-state index is 10.7. The highest BCUT2D eigenvalue weighted by Gasteiger charge is 2.12. The van der Waals surface area contributed by atoms with Crippen molar-refractivity contribution in [1.29, 1.82) is 0 Å². The van der Waals surface area contributed by atoms with Crippen LogP contribution in [-0.4, -0.2) is 35.8 Å². The normalized spacial score (nSPS) is 10.6. The van der Waals surface area contributed by atoms with E-state index < -0.39 is 5.97 Å². The SMILES string of the molecule is CCc1nc(CC)n(-c2ncc(C(=O)O)cn2)n1. The van der Waals surface area contributed by atoms with Crippen molar-refractivity contribution in [2.75, 3.05) is 0 Å². The van der Waals surface area contributed by atoms with Crippen molar-refractivity contribution in [2.45, 2.75) is 26.7 Å². The zero-order valence-electron chi connectivity index (χ0n) is 10.2. The van der Waals surface area contributed by atoms with Gasteiger partial charge in [-0.05, 0) is 0 Å².